The van der Waals surface area contributed by atoms with Crippen molar-refractivity contribution in [1.82, 2.24) is 10.6 Å². The molecule has 6 heteroatoms. The van der Waals surface area contributed by atoms with Crippen LogP contribution in [0, 0.1) is 0 Å². The number of halogens is 1. The molecule has 4 nitrogen and oxygen atoms in total. The van der Waals surface area contributed by atoms with Crippen LogP contribution in [0.3, 0.4) is 0 Å². The maximum atomic E-state index is 5.76. The number of nitrogens with zero attached hydrogens (tertiary/aromatic N) is 1. The Labute approximate surface area is 174 Å². The molecule has 0 aromatic heterocycles. The second-order valence-electron chi connectivity index (χ2n) is 6.52. The molecule has 0 saturated heterocycles. The van der Waals surface area contributed by atoms with Crippen molar-refractivity contribution in [2.75, 3.05) is 12.8 Å². The molecule has 0 radical (unpaired) electrons. The Kier molecular flexibility index (Phi) is 10.7. The lowest BCUT2D eigenvalue weighted by Gasteiger charge is -2.17. The van der Waals surface area contributed by atoms with E-state index >= 15 is 0 Å². The van der Waals surface area contributed by atoms with Crippen LogP contribution in [0.25, 0.3) is 0 Å². The lowest BCUT2D eigenvalue weighted by Crippen LogP contribution is -2.42. The Balaban J connectivity index is 0.00000312. The summed E-state index contributed by atoms with van der Waals surface area (Å²) in [7, 11) is 0. The molecular formula is C19H32IN3OS. The van der Waals surface area contributed by atoms with E-state index in [4.69, 9.17) is 9.73 Å². The molecule has 1 saturated carbocycles. The van der Waals surface area contributed by atoms with E-state index in [0.717, 1.165) is 23.5 Å². The number of benzene rings is 1. The lowest BCUT2D eigenvalue weighted by molar-refractivity contribution is 0.242. The summed E-state index contributed by atoms with van der Waals surface area (Å²) in [5, 5.41) is 7.74. The third-order valence-electron chi connectivity index (χ3n) is 4.09. The first-order valence-electron chi connectivity index (χ1n) is 8.94. The highest BCUT2D eigenvalue weighted by molar-refractivity contribution is 14.0. The monoisotopic (exact) mass is 477 g/mol. The van der Waals surface area contributed by atoms with Crippen LogP contribution in [0.5, 0.6) is 5.75 Å². The van der Waals surface area contributed by atoms with E-state index in [1.807, 2.05) is 37.7 Å². The maximum absolute atomic E-state index is 5.76. The van der Waals surface area contributed by atoms with Gasteiger partial charge in [-0.2, -0.15) is 11.8 Å². The molecule has 1 aromatic rings. The van der Waals surface area contributed by atoms with Crippen molar-refractivity contribution in [3.63, 3.8) is 0 Å². The molecule has 1 aliphatic carbocycles. The number of nitrogens with one attached hydrogen (secondary N) is 2. The fraction of sp³-hybridized carbons (Fsp3) is 0.632. The van der Waals surface area contributed by atoms with Crippen molar-refractivity contribution in [2.45, 2.75) is 64.0 Å². The van der Waals surface area contributed by atoms with Crippen LogP contribution in [0.1, 0.15) is 45.6 Å². The second kappa shape index (κ2) is 11.9. The van der Waals surface area contributed by atoms with Crippen molar-refractivity contribution in [2.24, 2.45) is 4.99 Å². The number of ether oxygens (including phenoxy) is 1. The average Bonchev–Trinajstić information content (AvgIpc) is 3.00. The fourth-order valence-electron chi connectivity index (χ4n) is 2.96. The zero-order chi connectivity index (χ0) is 17.4. The van der Waals surface area contributed by atoms with Crippen LogP contribution in [0.2, 0.25) is 0 Å². The van der Waals surface area contributed by atoms with Crippen molar-refractivity contribution in [3.05, 3.63) is 29.8 Å². The molecule has 0 spiro atoms. The van der Waals surface area contributed by atoms with Crippen LogP contribution < -0.4 is 15.4 Å². The summed E-state index contributed by atoms with van der Waals surface area (Å²) in [6.45, 7) is 7.72. The van der Waals surface area contributed by atoms with E-state index in [0.29, 0.717) is 12.6 Å². The molecule has 1 aromatic carbocycles. The first kappa shape index (κ1) is 22.4. The average molecular weight is 477 g/mol. The number of aliphatic imine (C=N–C) groups is 1. The van der Waals surface area contributed by atoms with Gasteiger partial charge >= 0.3 is 0 Å². The predicted octanol–water partition coefficient (Wildman–Crippen LogP) is 4.43. The Hall–Kier alpha value is -0.630. The Morgan fingerprint density at radius 1 is 1.36 bits per heavy atom. The van der Waals surface area contributed by atoms with Gasteiger partial charge in [0.25, 0.3) is 0 Å². The summed E-state index contributed by atoms with van der Waals surface area (Å²) in [6.07, 6.45) is 6.15. The van der Waals surface area contributed by atoms with Crippen LogP contribution >= 0.6 is 35.7 Å². The molecule has 2 atom stereocenters. The summed E-state index contributed by atoms with van der Waals surface area (Å²) in [6, 6.07) is 8.74. The third kappa shape index (κ3) is 8.07. The SMILES string of the molecule is CCNC(=NCc1cccc(OC(C)C)c1)NC1CCC(SC)C1.I. The standard InChI is InChI=1S/C19H31N3OS.HI/c1-5-20-19(22-16-9-10-18(12-16)24-4)21-13-15-7-6-8-17(11-15)23-14(2)3;/h6-8,11,14,16,18H,5,9-10,12-13H2,1-4H3,(H2,20,21,22);1H. The van der Waals surface area contributed by atoms with Gasteiger partial charge in [0, 0.05) is 17.8 Å². The molecular weight excluding hydrogens is 445 g/mol. The highest BCUT2D eigenvalue weighted by atomic mass is 127. The largest absolute Gasteiger partial charge is 0.491 e. The summed E-state index contributed by atoms with van der Waals surface area (Å²) in [5.41, 5.74) is 1.17. The molecule has 1 aliphatic rings. The van der Waals surface area contributed by atoms with Gasteiger partial charge in [-0.25, -0.2) is 4.99 Å². The minimum atomic E-state index is 0. The van der Waals surface area contributed by atoms with Crippen LogP contribution in [0.15, 0.2) is 29.3 Å². The molecule has 2 N–H and O–H groups in total. The van der Waals surface area contributed by atoms with E-state index in [-0.39, 0.29) is 30.1 Å². The number of guanidine groups is 1. The molecule has 0 heterocycles. The number of thioether (sulfide) groups is 1. The zero-order valence-corrected chi connectivity index (χ0v) is 18.9. The van der Waals surface area contributed by atoms with Crippen LogP contribution in [-0.4, -0.2) is 36.2 Å². The summed E-state index contributed by atoms with van der Waals surface area (Å²) in [5.74, 6) is 1.83. The first-order chi connectivity index (χ1) is 11.6. The minimum absolute atomic E-state index is 0. The quantitative estimate of drug-likeness (QED) is 0.347. The Morgan fingerprint density at radius 2 is 2.16 bits per heavy atom. The predicted molar refractivity (Wildman–Crippen MR) is 121 cm³/mol. The van der Waals surface area contributed by atoms with Crippen molar-refractivity contribution in [1.29, 1.82) is 0 Å². The molecule has 2 unspecified atom stereocenters. The molecule has 25 heavy (non-hydrogen) atoms. The molecule has 0 aliphatic heterocycles. The highest BCUT2D eigenvalue weighted by Gasteiger charge is 2.24. The summed E-state index contributed by atoms with van der Waals surface area (Å²) in [4.78, 5) is 4.75. The number of hydrogen-bond donors (Lipinski definition) is 2. The first-order valence-corrected chi connectivity index (χ1v) is 10.2. The van der Waals surface area contributed by atoms with Crippen LogP contribution in [0.4, 0.5) is 0 Å². The van der Waals surface area contributed by atoms with Crippen molar-refractivity contribution < 1.29 is 4.74 Å². The van der Waals surface area contributed by atoms with Gasteiger partial charge in [0.05, 0.1) is 12.6 Å². The van der Waals surface area contributed by atoms with E-state index in [1.54, 1.807) is 0 Å². The molecule has 2 rings (SSSR count). The van der Waals surface area contributed by atoms with Crippen molar-refractivity contribution >= 4 is 41.7 Å². The van der Waals surface area contributed by atoms with E-state index < -0.39 is 0 Å². The van der Waals surface area contributed by atoms with Crippen LogP contribution in [-0.2, 0) is 6.54 Å². The number of hydrogen-bond acceptors (Lipinski definition) is 3. The molecule has 142 valence electrons. The van der Waals surface area contributed by atoms with Crippen molar-refractivity contribution in [3.8, 4) is 5.75 Å². The molecule has 1 fully saturated rings. The summed E-state index contributed by atoms with van der Waals surface area (Å²) >= 11 is 1.98. The zero-order valence-electron chi connectivity index (χ0n) is 15.7. The number of rotatable bonds is 7. The smallest absolute Gasteiger partial charge is 0.191 e. The normalized spacial score (nSPS) is 20.3. The van der Waals surface area contributed by atoms with E-state index in [2.05, 4.69) is 35.9 Å². The fourth-order valence-corrected chi connectivity index (χ4v) is 3.75. The Morgan fingerprint density at radius 3 is 2.80 bits per heavy atom. The van der Waals surface area contributed by atoms with Gasteiger partial charge in [-0.3, -0.25) is 0 Å². The van der Waals surface area contributed by atoms with Gasteiger partial charge in [-0.05, 0) is 64.0 Å². The maximum Gasteiger partial charge on any atom is 0.191 e. The molecule has 0 amide bonds. The third-order valence-corrected chi connectivity index (χ3v) is 5.19. The molecule has 0 bridgehead atoms. The van der Waals surface area contributed by atoms with Gasteiger partial charge in [0.1, 0.15) is 5.75 Å². The van der Waals surface area contributed by atoms with E-state index in [9.17, 15) is 0 Å². The van der Waals surface area contributed by atoms with Gasteiger partial charge in [0.15, 0.2) is 5.96 Å². The van der Waals surface area contributed by atoms with Gasteiger partial charge < -0.3 is 15.4 Å². The lowest BCUT2D eigenvalue weighted by atomic mass is 10.2. The topological polar surface area (TPSA) is 45.7 Å². The van der Waals surface area contributed by atoms with Gasteiger partial charge in [-0.15, -0.1) is 24.0 Å². The van der Waals surface area contributed by atoms with E-state index in [1.165, 1.54) is 24.8 Å². The Bertz CT molecular complexity index is 539. The second-order valence-corrected chi connectivity index (χ2v) is 7.66. The van der Waals surface area contributed by atoms with Gasteiger partial charge in [0.2, 0.25) is 0 Å². The summed E-state index contributed by atoms with van der Waals surface area (Å²) < 4.78 is 5.76. The highest BCUT2D eigenvalue weighted by Crippen LogP contribution is 2.28. The minimum Gasteiger partial charge on any atom is -0.491 e. The van der Waals surface area contributed by atoms with Gasteiger partial charge in [-0.1, -0.05) is 12.1 Å².